The summed E-state index contributed by atoms with van der Waals surface area (Å²) in [5.74, 6) is 0.563. The number of hydrogen-bond acceptors (Lipinski definition) is 4. The molecule has 0 radical (unpaired) electrons. The van der Waals surface area contributed by atoms with Crippen molar-refractivity contribution in [1.29, 1.82) is 0 Å². The highest BCUT2D eigenvalue weighted by Crippen LogP contribution is 2.22. The summed E-state index contributed by atoms with van der Waals surface area (Å²) in [5, 5.41) is 0.455. The van der Waals surface area contributed by atoms with E-state index in [2.05, 4.69) is 9.97 Å². The van der Waals surface area contributed by atoms with E-state index in [9.17, 15) is 0 Å². The van der Waals surface area contributed by atoms with Crippen LogP contribution in [-0.2, 0) is 0 Å². The second kappa shape index (κ2) is 4.55. The van der Waals surface area contributed by atoms with Gasteiger partial charge >= 0.3 is 6.01 Å². The van der Waals surface area contributed by atoms with E-state index in [1.807, 2.05) is 0 Å². The first kappa shape index (κ1) is 11.0. The van der Waals surface area contributed by atoms with E-state index in [0.29, 0.717) is 11.4 Å². The number of nitrogen functional groups attached to an aromatic ring is 1. The molecule has 0 saturated heterocycles. The van der Waals surface area contributed by atoms with Gasteiger partial charge in [-0.25, -0.2) is 0 Å². The lowest BCUT2D eigenvalue weighted by Crippen LogP contribution is -1.92. The van der Waals surface area contributed by atoms with Crippen molar-refractivity contribution in [2.75, 3.05) is 5.73 Å². The zero-order chi connectivity index (χ0) is 11.5. The van der Waals surface area contributed by atoms with Crippen LogP contribution < -0.4 is 10.5 Å². The summed E-state index contributed by atoms with van der Waals surface area (Å²) in [4.78, 5) is 7.74. The molecule has 0 spiro atoms. The van der Waals surface area contributed by atoms with Crippen LogP contribution in [0.5, 0.6) is 11.8 Å². The first-order valence-electron chi connectivity index (χ1n) is 4.37. The van der Waals surface area contributed by atoms with Gasteiger partial charge in [-0.1, -0.05) is 23.2 Å². The van der Waals surface area contributed by atoms with Crippen molar-refractivity contribution in [1.82, 2.24) is 9.97 Å². The Kier molecular flexibility index (Phi) is 3.12. The summed E-state index contributed by atoms with van der Waals surface area (Å²) in [7, 11) is 0. The highest BCUT2D eigenvalue weighted by atomic mass is 35.5. The lowest BCUT2D eigenvalue weighted by molar-refractivity contribution is 0.442. The van der Waals surface area contributed by atoms with Gasteiger partial charge in [0.15, 0.2) is 0 Å². The molecule has 1 aromatic carbocycles. The predicted molar refractivity (Wildman–Crippen MR) is 63.0 cm³/mol. The molecule has 6 heteroatoms. The molecule has 0 aliphatic carbocycles. The second-order valence-corrected chi connectivity index (χ2v) is 3.74. The largest absolute Gasteiger partial charge is 0.424 e. The third-order valence-electron chi connectivity index (χ3n) is 1.73. The molecule has 2 aromatic rings. The van der Waals surface area contributed by atoms with Crippen LogP contribution in [0.4, 0.5) is 5.69 Å². The Morgan fingerprint density at radius 1 is 1.00 bits per heavy atom. The SMILES string of the molecule is Nc1ccc(Oc2nc(Cl)cc(Cl)n2)cc1. The first-order valence-corrected chi connectivity index (χ1v) is 5.12. The number of halogens is 2. The number of nitrogens with zero attached hydrogens (tertiary/aromatic N) is 2. The van der Waals surface area contributed by atoms with E-state index in [4.69, 9.17) is 33.7 Å². The molecule has 0 aliphatic heterocycles. The molecule has 1 aromatic heterocycles. The third-order valence-corrected chi connectivity index (χ3v) is 2.12. The molecule has 2 rings (SSSR count). The molecule has 0 atom stereocenters. The minimum atomic E-state index is 0.0993. The van der Waals surface area contributed by atoms with Gasteiger partial charge in [0.2, 0.25) is 0 Å². The zero-order valence-electron chi connectivity index (χ0n) is 8.02. The standard InChI is InChI=1S/C10H7Cl2N3O/c11-8-5-9(12)15-10(14-8)16-7-3-1-6(13)2-4-7/h1-5H,13H2. The van der Waals surface area contributed by atoms with Crippen LogP contribution in [0.3, 0.4) is 0 Å². The van der Waals surface area contributed by atoms with Gasteiger partial charge in [0.05, 0.1) is 0 Å². The molecule has 82 valence electrons. The van der Waals surface area contributed by atoms with Crippen LogP contribution in [-0.4, -0.2) is 9.97 Å². The van der Waals surface area contributed by atoms with Crippen LogP contribution in [0.25, 0.3) is 0 Å². The number of rotatable bonds is 2. The van der Waals surface area contributed by atoms with E-state index in [1.165, 1.54) is 6.07 Å². The maximum Gasteiger partial charge on any atom is 0.324 e. The van der Waals surface area contributed by atoms with Gasteiger partial charge in [-0.15, -0.1) is 0 Å². The van der Waals surface area contributed by atoms with Crippen molar-refractivity contribution in [3.05, 3.63) is 40.6 Å². The van der Waals surface area contributed by atoms with Crippen LogP contribution in [0.1, 0.15) is 0 Å². The summed E-state index contributed by atoms with van der Waals surface area (Å²) in [6.07, 6.45) is 0. The van der Waals surface area contributed by atoms with E-state index in [1.54, 1.807) is 24.3 Å². The molecule has 2 N–H and O–H groups in total. The summed E-state index contributed by atoms with van der Waals surface area (Å²) in [6, 6.07) is 8.35. The maximum absolute atomic E-state index is 5.71. The Hall–Kier alpha value is -1.52. The van der Waals surface area contributed by atoms with Crippen molar-refractivity contribution in [2.45, 2.75) is 0 Å². The molecule has 0 unspecified atom stereocenters. The molecule has 0 amide bonds. The predicted octanol–water partition coefficient (Wildman–Crippen LogP) is 3.16. The number of anilines is 1. The van der Waals surface area contributed by atoms with Gasteiger partial charge in [-0.3, -0.25) is 0 Å². The lowest BCUT2D eigenvalue weighted by Gasteiger charge is -2.04. The Morgan fingerprint density at radius 2 is 1.56 bits per heavy atom. The van der Waals surface area contributed by atoms with E-state index in [0.717, 1.165) is 0 Å². The minimum Gasteiger partial charge on any atom is -0.424 e. The fraction of sp³-hybridized carbons (Fsp3) is 0. The topological polar surface area (TPSA) is 61.0 Å². The highest BCUT2D eigenvalue weighted by Gasteiger charge is 2.04. The molecule has 0 fully saturated rings. The number of hydrogen-bond donors (Lipinski definition) is 1. The summed E-state index contributed by atoms with van der Waals surface area (Å²) < 4.78 is 5.35. The lowest BCUT2D eigenvalue weighted by atomic mass is 10.3. The average Bonchev–Trinajstić information content (AvgIpc) is 2.20. The maximum atomic E-state index is 5.71. The Morgan fingerprint density at radius 3 is 2.12 bits per heavy atom. The molecule has 16 heavy (non-hydrogen) atoms. The van der Waals surface area contributed by atoms with Crippen LogP contribution in [0, 0.1) is 0 Å². The van der Waals surface area contributed by atoms with E-state index in [-0.39, 0.29) is 16.3 Å². The zero-order valence-corrected chi connectivity index (χ0v) is 9.53. The van der Waals surface area contributed by atoms with Crippen LogP contribution in [0.15, 0.2) is 30.3 Å². The monoisotopic (exact) mass is 255 g/mol. The number of ether oxygens (including phenoxy) is 1. The Labute approximate surface area is 102 Å². The van der Waals surface area contributed by atoms with Crippen molar-refractivity contribution >= 4 is 28.9 Å². The summed E-state index contributed by atoms with van der Waals surface area (Å²) >= 11 is 11.4. The molecule has 0 bridgehead atoms. The van der Waals surface area contributed by atoms with Crippen molar-refractivity contribution in [2.24, 2.45) is 0 Å². The minimum absolute atomic E-state index is 0.0993. The van der Waals surface area contributed by atoms with Gasteiger partial charge in [0, 0.05) is 11.8 Å². The normalized spacial score (nSPS) is 10.1. The summed E-state index contributed by atoms with van der Waals surface area (Å²) in [5.41, 5.74) is 6.19. The first-order chi connectivity index (χ1) is 7.63. The third kappa shape index (κ3) is 2.74. The van der Waals surface area contributed by atoms with Crippen molar-refractivity contribution < 1.29 is 4.74 Å². The average molecular weight is 256 g/mol. The van der Waals surface area contributed by atoms with Crippen LogP contribution in [0.2, 0.25) is 10.3 Å². The van der Waals surface area contributed by atoms with Gasteiger partial charge in [-0.05, 0) is 24.3 Å². The molecule has 4 nitrogen and oxygen atoms in total. The summed E-state index contributed by atoms with van der Waals surface area (Å²) in [6.45, 7) is 0. The number of nitrogens with two attached hydrogens (primary N) is 1. The Balaban J connectivity index is 2.23. The van der Waals surface area contributed by atoms with Gasteiger partial charge in [0.1, 0.15) is 16.1 Å². The van der Waals surface area contributed by atoms with Crippen molar-refractivity contribution in [3.63, 3.8) is 0 Å². The number of aromatic nitrogens is 2. The smallest absolute Gasteiger partial charge is 0.324 e. The quantitative estimate of drug-likeness (QED) is 0.662. The molecular weight excluding hydrogens is 249 g/mol. The van der Waals surface area contributed by atoms with E-state index < -0.39 is 0 Å². The van der Waals surface area contributed by atoms with E-state index >= 15 is 0 Å². The molecule has 0 aliphatic rings. The Bertz CT molecular complexity index is 482. The van der Waals surface area contributed by atoms with Crippen molar-refractivity contribution in [3.8, 4) is 11.8 Å². The van der Waals surface area contributed by atoms with Gasteiger partial charge in [0.25, 0.3) is 0 Å². The molecular formula is C10H7Cl2N3O. The molecule has 0 saturated carbocycles. The number of benzene rings is 1. The second-order valence-electron chi connectivity index (χ2n) is 2.97. The van der Waals surface area contributed by atoms with Gasteiger partial charge in [-0.2, -0.15) is 9.97 Å². The van der Waals surface area contributed by atoms with Crippen LogP contribution >= 0.6 is 23.2 Å². The highest BCUT2D eigenvalue weighted by molar-refractivity contribution is 6.33. The fourth-order valence-electron chi connectivity index (χ4n) is 1.06. The van der Waals surface area contributed by atoms with Gasteiger partial charge < -0.3 is 10.5 Å². The molecule has 1 heterocycles. The fourth-order valence-corrected chi connectivity index (χ4v) is 1.46.